The zero-order chi connectivity index (χ0) is 8.74. The van der Waals surface area contributed by atoms with E-state index in [0.29, 0.717) is 0 Å². The summed E-state index contributed by atoms with van der Waals surface area (Å²) in [4.78, 5) is 0. The number of rotatable bonds is 5. The molecule has 0 aliphatic heterocycles. The van der Waals surface area contributed by atoms with Crippen LogP contribution in [0.1, 0.15) is 6.92 Å². The Morgan fingerprint density at radius 2 is 1.91 bits per heavy atom. The van der Waals surface area contributed by atoms with Crippen LogP contribution in [0.5, 0.6) is 0 Å². The maximum absolute atomic E-state index is 5.35. The molecule has 4 heteroatoms. The number of hydrogen-bond donors (Lipinski definition) is 1. The lowest BCUT2D eigenvalue weighted by Crippen LogP contribution is -2.38. The molecule has 0 aliphatic rings. The second-order valence-electron chi connectivity index (χ2n) is 2.30. The van der Waals surface area contributed by atoms with Gasteiger partial charge in [-0.1, -0.05) is 13.0 Å². The fraction of sp³-hybridized carbons (Fsp3) is 0.714. The molecule has 66 valence electrons. The maximum Gasteiger partial charge on any atom is 0.341 e. The summed E-state index contributed by atoms with van der Waals surface area (Å²) < 4.78 is 10.7. The summed E-state index contributed by atoms with van der Waals surface area (Å²) in [6, 6.07) is 1.78. The summed E-state index contributed by atoms with van der Waals surface area (Å²) in [7, 11) is 1.49. The van der Waals surface area contributed by atoms with Crippen LogP contribution in [0, 0.1) is 0 Å². The first-order valence-corrected chi connectivity index (χ1v) is 5.94. The average molecular weight is 175 g/mol. The lowest BCUT2D eigenvalue weighted by Gasteiger charge is -2.24. The Morgan fingerprint density at radius 3 is 2.18 bits per heavy atom. The van der Waals surface area contributed by atoms with Gasteiger partial charge >= 0.3 is 8.56 Å². The molecule has 0 aromatic heterocycles. The minimum Gasteiger partial charge on any atom is -0.405 e. The van der Waals surface area contributed by atoms with Crippen LogP contribution in [0.3, 0.4) is 0 Å². The van der Waals surface area contributed by atoms with Gasteiger partial charge in [0.1, 0.15) is 0 Å². The zero-order valence-corrected chi connectivity index (χ0v) is 8.46. The molecule has 0 aromatic rings. The van der Waals surface area contributed by atoms with Crippen molar-refractivity contribution in [1.29, 1.82) is 0 Å². The van der Waals surface area contributed by atoms with Crippen molar-refractivity contribution in [2.45, 2.75) is 19.0 Å². The largest absolute Gasteiger partial charge is 0.405 e. The highest BCUT2D eigenvalue weighted by molar-refractivity contribution is 6.67. The quantitative estimate of drug-likeness (QED) is 0.639. The Bertz CT molecular complexity index is 115. The van der Waals surface area contributed by atoms with Gasteiger partial charge in [-0.15, -0.1) is 0 Å². The van der Waals surface area contributed by atoms with Crippen LogP contribution in [-0.2, 0) is 8.85 Å². The van der Waals surface area contributed by atoms with Crippen LogP contribution in [-0.4, -0.2) is 22.8 Å². The Labute approximate surface area is 69.4 Å². The molecule has 11 heavy (non-hydrogen) atoms. The molecule has 0 amide bonds. The highest BCUT2D eigenvalue weighted by Crippen LogP contribution is 2.16. The van der Waals surface area contributed by atoms with E-state index >= 15 is 0 Å². The highest BCUT2D eigenvalue weighted by atomic mass is 28.4. The first kappa shape index (κ1) is 10.7. The molecule has 0 spiro atoms. The van der Waals surface area contributed by atoms with Crippen LogP contribution < -0.4 is 5.73 Å². The molecule has 0 heterocycles. The van der Waals surface area contributed by atoms with Crippen LogP contribution in [0.2, 0.25) is 12.1 Å². The van der Waals surface area contributed by atoms with Crippen molar-refractivity contribution in [2.75, 3.05) is 14.2 Å². The predicted octanol–water partition coefficient (Wildman–Crippen LogP) is 1.21. The highest BCUT2D eigenvalue weighted by Gasteiger charge is 2.31. The van der Waals surface area contributed by atoms with Crippen molar-refractivity contribution in [1.82, 2.24) is 0 Å². The van der Waals surface area contributed by atoms with Gasteiger partial charge in [0.05, 0.1) is 0 Å². The SMILES string of the molecule is CC[Si](CC=CN)(OC)OC. The minimum atomic E-state index is -1.91. The van der Waals surface area contributed by atoms with E-state index in [2.05, 4.69) is 6.92 Å². The smallest absolute Gasteiger partial charge is 0.341 e. The fourth-order valence-corrected chi connectivity index (χ4v) is 2.79. The summed E-state index contributed by atoms with van der Waals surface area (Å²) >= 11 is 0. The third kappa shape index (κ3) is 3.05. The van der Waals surface area contributed by atoms with Gasteiger partial charge in [-0.3, -0.25) is 0 Å². The molecule has 0 radical (unpaired) electrons. The summed E-state index contributed by atoms with van der Waals surface area (Å²) in [6.07, 6.45) is 3.43. The number of allylic oxidation sites excluding steroid dienone is 1. The fourth-order valence-electron chi connectivity index (χ4n) is 0.931. The lowest BCUT2D eigenvalue weighted by atomic mass is 10.7. The molecule has 2 N–H and O–H groups in total. The molecule has 0 saturated carbocycles. The van der Waals surface area contributed by atoms with Crippen LogP contribution >= 0.6 is 0 Å². The van der Waals surface area contributed by atoms with E-state index in [1.807, 2.05) is 6.08 Å². The molecule has 0 atom stereocenters. The van der Waals surface area contributed by atoms with E-state index in [-0.39, 0.29) is 0 Å². The van der Waals surface area contributed by atoms with Gasteiger partial charge < -0.3 is 14.6 Å². The average Bonchev–Trinajstić information content (AvgIpc) is 2.08. The van der Waals surface area contributed by atoms with E-state index in [1.54, 1.807) is 14.2 Å². The van der Waals surface area contributed by atoms with E-state index in [0.717, 1.165) is 12.1 Å². The second-order valence-corrected chi connectivity index (χ2v) is 6.06. The van der Waals surface area contributed by atoms with Crippen LogP contribution in [0.15, 0.2) is 12.3 Å². The Morgan fingerprint density at radius 1 is 1.36 bits per heavy atom. The summed E-state index contributed by atoms with van der Waals surface area (Å²) in [6.45, 7) is 2.07. The van der Waals surface area contributed by atoms with Crippen LogP contribution in [0.25, 0.3) is 0 Å². The molecule has 0 bridgehead atoms. The van der Waals surface area contributed by atoms with Crippen molar-refractivity contribution >= 4 is 8.56 Å². The Balaban J connectivity index is 4.04. The van der Waals surface area contributed by atoms with Gasteiger partial charge in [-0.2, -0.15) is 0 Å². The standard InChI is InChI=1S/C7H17NO2Si/c1-4-11(9-2,10-3)7-5-6-8/h5-6H,4,7-8H2,1-3H3. The first-order valence-electron chi connectivity index (χ1n) is 3.71. The molecule has 0 unspecified atom stereocenters. The number of nitrogens with two attached hydrogens (primary N) is 1. The van der Waals surface area contributed by atoms with E-state index < -0.39 is 8.56 Å². The van der Waals surface area contributed by atoms with Gasteiger partial charge in [-0.05, 0) is 12.2 Å². The number of hydrogen-bond acceptors (Lipinski definition) is 3. The first-order chi connectivity index (χ1) is 5.24. The summed E-state index contributed by atoms with van der Waals surface area (Å²) in [5.41, 5.74) is 5.23. The van der Waals surface area contributed by atoms with Gasteiger partial charge in [0, 0.05) is 20.3 Å². The third-order valence-corrected chi connectivity index (χ3v) is 5.27. The molecule has 0 fully saturated rings. The van der Waals surface area contributed by atoms with Crippen molar-refractivity contribution in [3.63, 3.8) is 0 Å². The molecule has 0 saturated heterocycles. The monoisotopic (exact) mass is 175 g/mol. The van der Waals surface area contributed by atoms with Crippen LogP contribution in [0.4, 0.5) is 0 Å². The molecular weight excluding hydrogens is 158 g/mol. The normalized spacial score (nSPS) is 12.6. The molecule has 0 rings (SSSR count). The van der Waals surface area contributed by atoms with Crippen molar-refractivity contribution < 1.29 is 8.85 Å². The van der Waals surface area contributed by atoms with E-state index in [1.165, 1.54) is 6.20 Å². The maximum atomic E-state index is 5.35. The van der Waals surface area contributed by atoms with Crippen molar-refractivity contribution in [2.24, 2.45) is 5.73 Å². The minimum absolute atomic E-state index is 0.826. The van der Waals surface area contributed by atoms with Gasteiger partial charge in [-0.25, -0.2) is 0 Å². The van der Waals surface area contributed by atoms with Gasteiger partial charge in [0.25, 0.3) is 0 Å². The second kappa shape index (κ2) is 5.34. The lowest BCUT2D eigenvalue weighted by molar-refractivity contribution is 0.246. The van der Waals surface area contributed by atoms with E-state index in [4.69, 9.17) is 14.6 Å². The Kier molecular flexibility index (Phi) is 5.19. The third-order valence-electron chi connectivity index (χ3n) is 1.85. The molecular formula is C7H17NO2Si. The molecule has 0 aromatic carbocycles. The van der Waals surface area contributed by atoms with Crippen molar-refractivity contribution in [3.05, 3.63) is 12.3 Å². The summed E-state index contributed by atoms with van der Waals surface area (Å²) in [5, 5.41) is 0. The summed E-state index contributed by atoms with van der Waals surface area (Å²) in [5.74, 6) is 0. The van der Waals surface area contributed by atoms with E-state index in [9.17, 15) is 0 Å². The topological polar surface area (TPSA) is 44.5 Å². The Hall–Kier alpha value is -0.323. The van der Waals surface area contributed by atoms with Gasteiger partial charge in [0.15, 0.2) is 0 Å². The predicted molar refractivity (Wildman–Crippen MR) is 48.4 cm³/mol. The molecule has 0 aliphatic carbocycles. The zero-order valence-electron chi connectivity index (χ0n) is 7.46. The van der Waals surface area contributed by atoms with Gasteiger partial charge in [0.2, 0.25) is 0 Å². The van der Waals surface area contributed by atoms with Crippen molar-refractivity contribution in [3.8, 4) is 0 Å². The molecule has 3 nitrogen and oxygen atoms in total.